The van der Waals surface area contributed by atoms with Crippen LogP contribution in [-0.2, 0) is 11.2 Å². The maximum absolute atomic E-state index is 12.5. The number of nitrogens with one attached hydrogen (secondary N) is 1. The minimum absolute atomic E-state index is 0.0168. The lowest BCUT2D eigenvalue weighted by Gasteiger charge is -2.19. The minimum atomic E-state index is -0.865. The fourth-order valence-corrected chi connectivity index (χ4v) is 2.61. The van der Waals surface area contributed by atoms with Crippen molar-refractivity contribution in [3.05, 3.63) is 65.0 Å². The average molecular weight is 326 g/mol. The third-order valence-electron chi connectivity index (χ3n) is 3.84. The molecule has 5 heteroatoms. The molecule has 0 saturated heterocycles. The summed E-state index contributed by atoms with van der Waals surface area (Å²) in [7, 11) is 0. The van der Waals surface area contributed by atoms with Gasteiger partial charge in [-0.05, 0) is 44.4 Å². The molecular formula is C19H22N2O3. The predicted molar refractivity (Wildman–Crippen MR) is 92.0 cm³/mol. The van der Waals surface area contributed by atoms with E-state index in [-0.39, 0.29) is 18.4 Å². The molecule has 0 fully saturated rings. The van der Waals surface area contributed by atoms with Gasteiger partial charge >= 0.3 is 5.97 Å². The van der Waals surface area contributed by atoms with Crippen LogP contribution in [0.5, 0.6) is 0 Å². The molecule has 0 bridgehead atoms. The summed E-state index contributed by atoms with van der Waals surface area (Å²) < 4.78 is 0. The molecule has 2 aromatic rings. The van der Waals surface area contributed by atoms with Crippen molar-refractivity contribution in [1.82, 2.24) is 10.3 Å². The van der Waals surface area contributed by atoms with Crippen molar-refractivity contribution < 1.29 is 14.7 Å². The van der Waals surface area contributed by atoms with Gasteiger partial charge in [0.15, 0.2) is 0 Å². The fraction of sp³-hybridized carbons (Fsp3) is 0.316. The lowest BCUT2D eigenvalue weighted by molar-refractivity contribution is -0.137. The van der Waals surface area contributed by atoms with E-state index in [4.69, 9.17) is 5.11 Å². The summed E-state index contributed by atoms with van der Waals surface area (Å²) in [6, 6.07) is 13.0. The number of rotatable bonds is 7. The maximum atomic E-state index is 12.5. The second kappa shape index (κ2) is 8.24. The predicted octanol–water partition coefficient (Wildman–Crippen LogP) is 2.90. The van der Waals surface area contributed by atoms with E-state index in [1.165, 1.54) is 0 Å². The van der Waals surface area contributed by atoms with Crippen molar-refractivity contribution in [2.75, 3.05) is 0 Å². The van der Waals surface area contributed by atoms with E-state index in [0.29, 0.717) is 24.1 Å². The van der Waals surface area contributed by atoms with Gasteiger partial charge in [-0.25, -0.2) is 0 Å². The van der Waals surface area contributed by atoms with Crippen LogP contribution in [0.1, 0.15) is 40.2 Å². The lowest BCUT2D eigenvalue weighted by atomic mass is 10.0. The van der Waals surface area contributed by atoms with Gasteiger partial charge in [-0.3, -0.25) is 14.6 Å². The van der Waals surface area contributed by atoms with Crippen LogP contribution in [0.4, 0.5) is 0 Å². The molecule has 0 aliphatic rings. The molecule has 1 amide bonds. The largest absolute Gasteiger partial charge is 0.481 e. The number of aryl methyl sites for hydroxylation is 2. The van der Waals surface area contributed by atoms with Gasteiger partial charge < -0.3 is 10.4 Å². The molecule has 1 aromatic carbocycles. The van der Waals surface area contributed by atoms with E-state index >= 15 is 0 Å². The zero-order valence-corrected chi connectivity index (χ0v) is 14.0. The van der Waals surface area contributed by atoms with Gasteiger partial charge in [0.2, 0.25) is 0 Å². The van der Waals surface area contributed by atoms with Gasteiger partial charge in [0, 0.05) is 18.2 Å². The highest BCUT2D eigenvalue weighted by atomic mass is 16.4. The Bertz CT molecular complexity index is 714. The molecule has 1 heterocycles. The number of pyridine rings is 1. The third-order valence-corrected chi connectivity index (χ3v) is 3.84. The van der Waals surface area contributed by atoms with Crippen LogP contribution in [0.3, 0.4) is 0 Å². The number of carbonyl (C=O) groups is 2. The molecule has 2 rings (SSSR count). The van der Waals surface area contributed by atoms with E-state index in [0.717, 1.165) is 11.3 Å². The number of hydrogen-bond donors (Lipinski definition) is 2. The first-order chi connectivity index (χ1) is 11.5. The molecule has 0 radical (unpaired) electrons. The average Bonchev–Trinajstić information content (AvgIpc) is 2.53. The van der Waals surface area contributed by atoms with Crippen LogP contribution in [0.15, 0.2) is 42.5 Å². The number of amides is 1. The monoisotopic (exact) mass is 326 g/mol. The molecule has 1 aromatic heterocycles. The summed E-state index contributed by atoms with van der Waals surface area (Å²) in [4.78, 5) is 27.7. The number of carboxylic acid groups (broad SMARTS) is 1. The SMILES string of the molecule is Cc1ccc(C(=O)NC(CCC(=O)O)Cc2ccccc2)c(C)n1. The first kappa shape index (κ1) is 17.7. The second-order valence-corrected chi connectivity index (χ2v) is 5.88. The Morgan fingerprint density at radius 1 is 1.12 bits per heavy atom. The van der Waals surface area contributed by atoms with Crippen LogP contribution in [0, 0.1) is 13.8 Å². The number of carbonyl (C=O) groups excluding carboxylic acids is 1. The normalized spacial score (nSPS) is 11.8. The number of benzene rings is 1. The van der Waals surface area contributed by atoms with Crippen LogP contribution >= 0.6 is 0 Å². The van der Waals surface area contributed by atoms with E-state index in [1.54, 1.807) is 19.1 Å². The van der Waals surface area contributed by atoms with Crippen molar-refractivity contribution in [2.24, 2.45) is 0 Å². The smallest absolute Gasteiger partial charge is 0.303 e. The molecule has 0 spiro atoms. The van der Waals surface area contributed by atoms with Crippen LogP contribution < -0.4 is 5.32 Å². The molecule has 0 aliphatic carbocycles. The zero-order valence-electron chi connectivity index (χ0n) is 14.0. The van der Waals surface area contributed by atoms with Gasteiger partial charge in [-0.15, -0.1) is 0 Å². The first-order valence-corrected chi connectivity index (χ1v) is 7.96. The van der Waals surface area contributed by atoms with E-state index in [2.05, 4.69) is 10.3 Å². The van der Waals surface area contributed by atoms with E-state index in [1.807, 2.05) is 37.3 Å². The van der Waals surface area contributed by atoms with Crippen LogP contribution in [0.25, 0.3) is 0 Å². The molecule has 24 heavy (non-hydrogen) atoms. The van der Waals surface area contributed by atoms with Crippen molar-refractivity contribution in [2.45, 2.75) is 39.2 Å². The number of carboxylic acids is 1. The van der Waals surface area contributed by atoms with Crippen LogP contribution in [0.2, 0.25) is 0 Å². The Hall–Kier alpha value is -2.69. The standard InChI is InChI=1S/C19H22N2O3/c1-13-8-10-17(14(2)20-13)19(24)21-16(9-11-18(22)23)12-15-6-4-3-5-7-15/h3-8,10,16H,9,11-12H2,1-2H3,(H,21,24)(H,22,23). The number of nitrogens with zero attached hydrogens (tertiary/aromatic N) is 1. The molecule has 1 unspecified atom stereocenters. The topological polar surface area (TPSA) is 79.3 Å². The summed E-state index contributed by atoms with van der Waals surface area (Å²) in [5, 5.41) is 11.9. The summed E-state index contributed by atoms with van der Waals surface area (Å²) in [5.41, 5.74) is 3.11. The summed E-state index contributed by atoms with van der Waals surface area (Å²) in [6.07, 6.45) is 0.995. The molecule has 2 N–H and O–H groups in total. The molecule has 0 saturated carbocycles. The van der Waals surface area contributed by atoms with Gasteiger partial charge in [-0.1, -0.05) is 30.3 Å². The summed E-state index contributed by atoms with van der Waals surface area (Å²) in [5.74, 6) is -1.08. The molecule has 1 atom stereocenters. The Morgan fingerprint density at radius 3 is 2.46 bits per heavy atom. The van der Waals surface area contributed by atoms with Gasteiger partial charge in [0.05, 0.1) is 11.3 Å². The van der Waals surface area contributed by atoms with E-state index in [9.17, 15) is 9.59 Å². The number of aliphatic carboxylic acids is 1. The Balaban J connectivity index is 2.11. The quantitative estimate of drug-likeness (QED) is 0.820. The van der Waals surface area contributed by atoms with Crippen molar-refractivity contribution in [3.8, 4) is 0 Å². The maximum Gasteiger partial charge on any atom is 0.303 e. The van der Waals surface area contributed by atoms with Gasteiger partial charge in [0.25, 0.3) is 5.91 Å². The molecule has 0 aliphatic heterocycles. The first-order valence-electron chi connectivity index (χ1n) is 7.96. The van der Waals surface area contributed by atoms with Gasteiger partial charge in [0.1, 0.15) is 0 Å². The highest BCUT2D eigenvalue weighted by molar-refractivity contribution is 5.95. The molecule has 5 nitrogen and oxygen atoms in total. The van der Waals surface area contributed by atoms with Crippen molar-refractivity contribution >= 4 is 11.9 Å². The summed E-state index contributed by atoms with van der Waals surface area (Å²) in [6.45, 7) is 3.67. The number of aromatic nitrogens is 1. The summed E-state index contributed by atoms with van der Waals surface area (Å²) >= 11 is 0. The zero-order chi connectivity index (χ0) is 17.5. The Morgan fingerprint density at radius 2 is 1.83 bits per heavy atom. The Labute approximate surface area is 141 Å². The number of hydrogen-bond acceptors (Lipinski definition) is 3. The molecule has 126 valence electrons. The fourth-order valence-electron chi connectivity index (χ4n) is 2.61. The highest BCUT2D eigenvalue weighted by Gasteiger charge is 2.17. The lowest BCUT2D eigenvalue weighted by Crippen LogP contribution is -2.37. The Kier molecular flexibility index (Phi) is 6.07. The third kappa shape index (κ3) is 5.19. The second-order valence-electron chi connectivity index (χ2n) is 5.88. The molecular weight excluding hydrogens is 304 g/mol. The van der Waals surface area contributed by atoms with E-state index < -0.39 is 5.97 Å². The minimum Gasteiger partial charge on any atom is -0.481 e. The highest BCUT2D eigenvalue weighted by Crippen LogP contribution is 2.11. The van der Waals surface area contributed by atoms with Crippen molar-refractivity contribution in [3.63, 3.8) is 0 Å². The van der Waals surface area contributed by atoms with Gasteiger partial charge in [-0.2, -0.15) is 0 Å². The van der Waals surface area contributed by atoms with Crippen LogP contribution in [-0.4, -0.2) is 28.0 Å². The van der Waals surface area contributed by atoms with Crippen molar-refractivity contribution in [1.29, 1.82) is 0 Å².